The summed E-state index contributed by atoms with van der Waals surface area (Å²) >= 11 is 0. The Labute approximate surface area is 114 Å². The number of benzene rings is 2. The molecule has 2 aromatic rings. The average molecular weight is 257 g/mol. The Bertz CT molecular complexity index is 520. The maximum atomic E-state index is 13.9. The van der Waals surface area contributed by atoms with E-state index in [2.05, 4.69) is 6.07 Å². The molecule has 99 valence electrons. The van der Waals surface area contributed by atoms with Crippen LogP contribution in [0.15, 0.2) is 42.5 Å². The first-order valence-electron chi connectivity index (χ1n) is 6.51. The number of halogens is 1. The molecule has 2 rings (SSSR count). The van der Waals surface area contributed by atoms with E-state index < -0.39 is 0 Å². The normalized spacial score (nSPS) is 10.7. The van der Waals surface area contributed by atoms with Gasteiger partial charge in [0.05, 0.1) is 6.61 Å². The standard InChI is InChI=1S/C17H18FO/c1-13(2)12-19-17-9-8-15(11-16(17)18)10-14-6-4-3-5-7-14/h3-4,6-9,11,13H,10,12H2,1-2H3. The average Bonchev–Trinajstić information content (AvgIpc) is 2.39. The molecule has 1 nitrogen and oxygen atoms in total. The molecule has 0 aromatic heterocycles. The highest BCUT2D eigenvalue weighted by atomic mass is 19.1. The first-order chi connectivity index (χ1) is 9.15. The highest BCUT2D eigenvalue weighted by Crippen LogP contribution is 2.20. The third-order valence-electron chi connectivity index (χ3n) is 2.75. The second-order valence-corrected chi connectivity index (χ2v) is 5.06. The molecule has 0 heterocycles. The van der Waals surface area contributed by atoms with Crippen molar-refractivity contribution in [3.63, 3.8) is 0 Å². The Morgan fingerprint density at radius 2 is 2.05 bits per heavy atom. The van der Waals surface area contributed by atoms with E-state index in [1.807, 2.05) is 44.2 Å². The van der Waals surface area contributed by atoms with Crippen LogP contribution in [0.5, 0.6) is 5.75 Å². The quantitative estimate of drug-likeness (QED) is 0.778. The van der Waals surface area contributed by atoms with Gasteiger partial charge in [-0.15, -0.1) is 0 Å². The second kappa shape index (κ2) is 6.37. The highest BCUT2D eigenvalue weighted by Gasteiger charge is 2.06. The van der Waals surface area contributed by atoms with Crippen molar-refractivity contribution < 1.29 is 9.13 Å². The van der Waals surface area contributed by atoms with Crippen LogP contribution in [0.4, 0.5) is 4.39 Å². The van der Waals surface area contributed by atoms with Crippen molar-refractivity contribution in [2.75, 3.05) is 6.61 Å². The zero-order chi connectivity index (χ0) is 13.7. The van der Waals surface area contributed by atoms with Crippen LogP contribution in [0.2, 0.25) is 0 Å². The summed E-state index contributed by atoms with van der Waals surface area (Å²) in [4.78, 5) is 0. The Kier molecular flexibility index (Phi) is 4.56. The molecule has 1 radical (unpaired) electrons. The summed E-state index contributed by atoms with van der Waals surface area (Å²) in [7, 11) is 0. The molecule has 0 bridgehead atoms. The fourth-order valence-corrected chi connectivity index (χ4v) is 1.80. The van der Waals surface area contributed by atoms with Gasteiger partial charge in [-0.2, -0.15) is 0 Å². The van der Waals surface area contributed by atoms with Crippen molar-refractivity contribution >= 4 is 0 Å². The predicted molar refractivity (Wildman–Crippen MR) is 74.8 cm³/mol. The van der Waals surface area contributed by atoms with E-state index in [0.717, 1.165) is 11.1 Å². The molecule has 0 saturated carbocycles. The van der Waals surface area contributed by atoms with Gasteiger partial charge in [-0.25, -0.2) is 4.39 Å². The van der Waals surface area contributed by atoms with E-state index in [4.69, 9.17) is 4.74 Å². The van der Waals surface area contributed by atoms with Gasteiger partial charge in [0.2, 0.25) is 0 Å². The maximum Gasteiger partial charge on any atom is 0.165 e. The van der Waals surface area contributed by atoms with E-state index in [-0.39, 0.29) is 5.82 Å². The molecule has 0 aliphatic heterocycles. The van der Waals surface area contributed by atoms with Crippen LogP contribution < -0.4 is 4.74 Å². The van der Waals surface area contributed by atoms with Crippen LogP contribution in [-0.4, -0.2) is 6.61 Å². The fraction of sp³-hybridized carbons (Fsp3) is 0.294. The van der Waals surface area contributed by atoms with Gasteiger partial charge >= 0.3 is 0 Å². The number of hydrogen-bond donors (Lipinski definition) is 0. The van der Waals surface area contributed by atoms with Crippen LogP contribution in [0, 0.1) is 17.8 Å². The topological polar surface area (TPSA) is 9.23 Å². The van der Waals surface area contributed by atoms with Gasteiger partial charge in [-0.3, -0.25) is 0 Å². The molecule has 2 aromatic carbocycles. The lowest BCUT2D eigenvalue weighted by Gasteiger charge is -2.10. The number of ether oxygens (including phenoxy) is 1. The lowest BCUT2D eigenvalue weighted by Crippen LogP contribution is -2.05. The predicted octanol–water partition coefficient (Wildman–Crippen LogP) is 4.25. The van der Waals surface area contributed by atoms with Crippen molar-refractivity contribution in [2.45, 2.75) is 20.3 Å². The minimum atomic E-state index is -0.293. The fourth-order valence-electron chi connectivity index (χ4n) is 1.80. The van der Waals surface area contributed by atoms with E-state index in [1.54, 1.807) is 12.1 Å². The molecule has 0 amide bonds. The molecular formula is C17H18FO. The van der Waals surface area contributed by atoms with Gasteiger partial charge in [0.15, 0.2) is 11.6 Å². The molecule has 0 spiro atoms. The van der Waals surface area contributed by atoms with Gasteiger partial charge in [-0.1, -0.05) is 44.2 Å². The minimum absolute atomic E-state index is 0.293. The third kappa shape index (κ3) is 4.09. The van der Waals surface area contributed by atoms with E-state index in [1.165, 1.54) is 0 Å². The summed E-state index contributed by atoms with van der Waals surface area (Å²) in [5.41, 5.74) is 2.06. The summed E-state index contributed by atoms with van der Waals surface area (Å²) in [6, 6.07) is 15.9. The van der Waals surface area contributed by atoms with Gasteiger partial charge < -0.3 is 4.74 Å². The van der Waals surface area contributed by atoms with Crippen molar-refractivity contribution in [3.05, 3.63) is 65.5 Å². The maximum absolute atomic E-state index is 13.9. The molecule has 0 N–H and O–H groups in total. The van der Waals surface area contributed by atoms with Crippen LogP contribution in [0.25, 0.3) is 0 Å². The van der Waals surface area contributed by atoms with Gasteiger partial charge in [0, 0.05) is 0 Å². The largest absolute Gasteiger partial charge is 0.490 e. The lowest BCUT2D eigenvalue weighted by molar-refractivity contribution is 0.259. The summed E-state index contributed by atoms with van der Waals surface area (Å²) in [5, 5.41) is 0. The van der Waals surface area contributed by atoms with Gasteiger partial charge in [-0.05, 0) is 41.7 Å². The Morgan fingerprint density at radius 1 is 1.21 bits per heavy atom. The molecular weight excluding hydrogens is 239 g/mol. The molecule has 2 heteroatoms. The van der Waals surface area contributed by atoms with Gasteiger partial charge in [0.25, 0.3) is 0 Å². The summed E-state index contributed by atoms with van der Waals surface area (Å²) < 4.78 is 19.3. The second-order valence-electron chi connectivity index (χ2n) is 5.06. The van der Waals surface area contributed by atoms with E-state index in [9.17, 15) is 4.39 Å². The number of hydrogen-bond acceptors (Lipinski definition) is 1. The Morgan fingerprint density at radius 3 is 2.68 bits per heavy atom. The van der Waals surface area contributed by atoms with Crippen LogP contribution in [-0.2, 0) is 6.42 Å². The van der Waals surface area contributed by atoms with Crippen molar-refractivity contribution in [3.8, 4) is 5.75 Å². The highest BCUT2D eigenvalue weighted by molar-refractivity contribution is 5.32. The zero-order valence-electron chi connectivity index (χ0n) is 11.3. The van der Waals surface area contributed by atoms with E-state index in [0.29, 0.717) is 24.7 Å². The Hall–Kier alpha value is -1.83. The van der Waals surface area contributed by atoms with Gasteiger partial charge in [0.1, 0.15) is 0 Å². The van der Waals surface area contributed by atoms with Crippen LogP contribution in [0.1, 0.15) is 25.0 Å². The lowest BCUT2D eigenvalue weighted by atomic mass is 10.0. The van der Waals surface area contributed by atoms with Crippen LogP contribution >= 0.6 is 0 Å². The summed E-state index contributed by atoms with van der Waals surface area (Å²) in [6.45, 7) is 4.61. The molecule has 19 heavy (non-hydrogen) atoms. The van der Waals surface area contributed by atoms with Crippen molar-refractivity contribution in [1.29, 1.82) is 0 Å². The molecule has 0 atom stereocenters. The van der Waals surface area contributed by atoms with Crippen LogP contribution in [0.3, 0.4) is 0 Å². The summed E-state index contributed by atoms with van der Waals surface area (Å²) in [6.07, 6.45) is 0.707. The summed E-state index contributed by atoms with van der Waals surface area (Å²) in [5.74, 6) is 0.425. The van der Waals surface area contributed by atoms with Crippen molar-refractivity contribution in [2.24, 2.45) is 5.92 Å². The smallest absolute Gasteiger partial charge is 0.165 e. The monoisotopic (exact) mass is 257 g/mol. The zero-order valence-corrected chi connectivity index (χ0v) is 11.3. The molecule has 0 aliphatic rings. The van der Waals surface area contributed by atoms with E-state index >= 15 is 0 Å². The third-order valence-corrected chi connectivity index (χ3v) is 2.75. The first kappa shape index (κ1) is 13.6. The molecule has 0 aliphatic carbocycles. The minimum Gasteiger partial charge on any atom is -0.490 e. The molecule has 0 fully saturated rings. The molecule has 0 saturated heterocycles. The SMILES string of the molecule is CC(C)COc1ccc(Cc2c[c]ccc2)cc1F. The Balaban J connectivity index is 2.06. The number of rotatable bonds is 5. The molecule has 0 unspecified atom stereocenters. The first-order valence-corrected chi connectivity index (χ1v) is 6.51. The van der Waals surface area contributed by atoms with Crippen molar-refractivity contribution in [1.82, 2.24) is 0 Å².